The Bertz CT molecular complexity index is 355. The summed E-state index contributed by atoms with van der Waals surface area (Å²) in [6, 6.07) is 0. The fourth-order valence-corrected chi connectivity index (χ4v) is 2.22. The lowest BCUT2D eigenvalue weighted by molar-refractivity contribution is -0.188. The number of hydrogen-bond acceptors (Lipinski definition) is 3. The maximum absolute atomic E-state index is 12.6. The summed E-state index contributed by atoms with van der Waals surface area (Å²) in [5, 5.41) is 0. The summed E-state index contributed by atoms with van der Waals surface area (Å²) in [5.74, 6) is -2.70. The van der Waals surface area contributed by atoms with Gasteiger partial charge in [0, 0.05) is 13.1 Å². The Labute approximate surface area is 116 Å². The van der Waals surface area contributed by atoms with E-state index in [0.29, 0.717) is 0 Å². The standard InChI is InChI=1S/C13H20F3NO3/c1-12(2,3)20-11(19)17-6-4-9(5-7-17)10(8-18)13(14,15)16/h8-10H,4-7H2,1-3H3/t10-/m1/s1. The zero-order valence-electron chi connectivity index (χ0n) is 11.9. The number of carbonyl (C=O) groups excluding carboxylic acids is 2. The van der Waals surface area contributed by atoms with Gasteiger partial charge in [-0.05, 0) is 39.5 Å². The summed E-state index contributed by atoms with van der Waals surface area (Å²) >= 11 is 0. The Morgan fingerprint density at radius 3 is 2.10 bits per heavy atom. The second-order valence-corrected chi connectivity index (χ2v) is 6.01. The van der Waals surface area contributed by atoms with Crippen LogP contribution in [0.3, 0.4) is 0 Å². The molecule has 0 N–H and O–H groups in total. The number of nitrogens with zero attached hydrogens (tertiary/aromatic N) is 1. The first kappa shape index (κ1) is 16.8. The molecule has 0 radical (unpaired) electrons. The molecule has 0 aromatic heterocycles. The third-order valence-electron chi connectivity index (χ3n) is 3.22. The van der Waals surface area contributed by atoms with Crippen LogP contribution in [-0.2, 0) is 9.53 Å². The normalized spacial score (nSPS) is 19.6. The lowest BCUT2D eigenvalue weighted by Gasteiger charge is -2.35. The zero-order chi connectivity index (χ0) is 15.6. The Morgan fingerprint density at radius 2 is 1.75 bits per heavy atom. The Kier molecular flexibility index (Phi) is 5.05. The Hall–Kier alpha value is -1.27. The van der Waals surface area contributed by atoms with Crippen molar-refractivity contribution in [2.75, 3.05) is 13.1 Å². The summed E-state index contributed by atoms with van der Waals surface area (Å²) in [4.78, 5) is 23.8. The van der Waals surface area contributed by atoms with E-state index in [1.165, 1.54) is 4.90 Å². The van der Waals surface area contributed by atoms with Crippen molar-refractivity contribution >= 4 is 12.4 Å². The molecule has 1 heterocycles. The van der Waals surface area contributed by atoms with E-state index in [1.807, 2.05) is 0 Å². The highest BCUT2D eigenvalue weighted by molar-refractivity contribution is 5.68. The third kappa shape index (κ3) is 4.68. The highest BCUT2D eigenvalue weighted by Crippen LogP contribution is 2.36. The van der Waals surface area contributed by atoms with Gasteiger partial charge in [0.2, 0.25) is 0 Å². The van der Waals surface area contributed by atoms with E-state index in [4.69, 9.17) is 4.74 Å². The molecule has 0 aliphatic carbocycles. The van der Waals surface area contributed by atoms with Crippen molar-refractivity contribution in [3.63, 3.8) is 0 Å². The summed E-state index contributed by atoms with van der Waals surface area (Å²) in [6.07, 6.45) is -4.76. The van der Waals surface area contributed by atoms with Gasteiger partial charge in [-0.2, -0.15) is 13.2 Å². The fraction of sp³-hybridized carbons (Fsp3) is 0.846. The number of alkyl halides is 3. The number of halogens is 3. The Morgan fingerprint density at radius 1 is 1.25 bits per heavy atom. The minimum Gasteiger partial charge on any atom is -0.444 e. The van der Waals surface area contributed by atoms with Gasteiger partial charge in [-0.15, -0.1) is 0 Å². The summed E-state index contributed by atoms with van der Waals surface area (Å²) < 4.78 is 43.1. The Balaban J connectivity index is 2.55. The SMILES string of the molecule is CC(C)(C)OC(=O)N1CCC([C@@H](C=O)C(F)(F)F)CC1. The van der Waals surface area contributed by atoms with Crippen LogP contribution in [-0.4, -0.2) is 42.1 Å². The van der Waals surface area contributed by atoms with E-state index in [0.717, 1.165) is 0 Å². The van der Waals surface area contributed by atoms with Crippen LogP contribution in [0.2, 0.25) is 0 Å². The number of piperidine rings is 1. The molecular formula is C13H20F3NO3. The van der Waals surface area contributed by atoms with Crippen molar-refractivity contribution in [2.24, 2.45) is 11.8 Å². The lowest BCUT2D eigenvalue weighted by Crippen LogP contribution is -2.45. The average molecular weight is 295 g/mol. The number of hydrogen-bond donors (Lipinski definition) is 0. The average Bonchev–Trinajstić information content (AvgIpc) is 2.26. The van der Waals surface area contributed by atoms with Crippen LogP contribution in [0, 0.1) is 11.8 Å². The molecule has 116 valence electrons. The molecule has 0 aromatic carbocycles. The topological polar surface area (TPSA) is 46.6 Å². The first-order valence-electron chi connectivity index (χ1n) is 6.54. The minimum absolute atomic E-state index is 0.0339. The molecule has 0 aromatic rings. The van der Waals surface area contributed by atoms with E-state index in [9.17, 15) is 22.8 Å². The van der Waals surface area contributed by atoms with E-state index in [1.54, 1.807) is 20.8 Å². The molecule has 1 rings (SSSR count). The zero-order valence-corrected chi connectivity index (χ0v) is 11.9. The molecule has 1 fully saturated rings. The maximum atomic E-state index is 12.6. The van der Waals surface area contributed by atoms with Crippen molar-refractivity contribution in [1.29, 1.82) is 0 Å². The van der Waals surface area contributed by atoms with Crippen LogP contribution in [0.4, 0.5) is 18.0 Å². The lowest BCUT2D eigenvalue weighted by atomic mass is 9.85. The van der Waals surface area contributed by atoms with Crippen LogP contribution in [0.1, 0.15) is 33.6 Å². The van der Waals surface area contributed by atoms with E-state index >= 15 is 0 Å². The van der Waals surface area contributed by atoms with Gasteiger partial charge in [0.25, 0.3) is 0 Å². The monoisotopic (exact) mass is 295 g/mol. The molecule has 4 nitrogen and oxygen atoms in total. The summed E-state index contributed by atoms with van der Waals surface area (Å²) in [7, 11) is 0. The molecule has 1 aliphatic rings. The largest absolute Gasteiger partial charge is 0.444 e. The fourth-order valence-electron chi connectivity index (χ4n) is 2.22. The number of aldehydes is 1. The molecule has 1 amide bonds. The second kappa shape index (κ2) is 6.01. The molecule has 1 atom stereocenters. The summed E-state index contributed by atoms with van der Waals surface area (Å²) in [6.45, 7) is 5.54. The van der Waals surface area contributed by atoms with Gasteiger partial charge in [0.15, 0.2) is 0 Å². The van der Waals surface area contributed by atoms with E-state index < -0.39 is 29.7 Å². The van der Waals surface area contributed by atoms with Crippen molar-refractivity contribution in [3.05, 3.63) is 0 Å². The number of likely N-dealkylation sites (tertiary alicyclic amines) is 1. The molecule has 0 bridgehead atoms. The summed E-state index contributed by atoms with van der Waals surface area (Å²) in [5.41, 5.74) is -0.634. The molecule has 1 saturated heterocycles. The van der Waals surface area contributed by atoms with Crippen LogP contribution >= 0.6 is 0 Å². The predicted octanol–water partition coefficient (Wildman–Crippen LogP) is 3.01. The van der Waals surface area contributed by atoms with Crippen molar-refractivity contribution in [3.8, 4) is 0 Å². The van der Waals surface area contributed by atoms with Gasteiger partial charge < -0.3 is 14.4 Å². The molecule has 7 heteroatoms. The third-order valence-corrected chi connectivity index (χ3v) is 3.22. The smallest absolute Gasteiger partial charge is 0.410 e. The molecule has 0 unspecified atom stereocenters. The van der Waals surface area contributed by atoms with Gasteiger partial charge in [-0.1, -0.05) is 0 Å². The van der Waals surface area contributed by atoms with Crippen LogP contribution in [0.15, 0.2) is 0 Å². The highest BCUT2D eigenvalue weighted by atomic mass is 19.4. The highest BCUT2D eigenvalue weighted by Gasteiger charge is 2.45. The van der Waals surface area contributed by atoms with Crippen molar-refractivity contribution < 1.29 is 27.5 Å². The first-order valence-corrected chi connectivity index (χ1v) is 6.54. The van der Waals surface area contributed by atoms with Gasteiger partial charge in [-0.3, -0.25) is 0 Å². The van der Waals surface area contributed by atoms with Crippen LogP contribution < -0.4 is 0 Å². The first-order chi connectivity index (χ1) is 9.04. The quantitative estimate of drug-likeness (QED) is 0.736. The van der Waals surface area contributed by atoms with Gasteiger partial charge in [0.05, 0.1) is 0 Å². The van der Waals surface area contributed by atoms with Crippen LogP contribution in [0.25, 0.3) is 0 Å². The molecule has 1 aliphatic heterocycles. The van der Waals surface area contributed by atoms with E-state index in [2.05, 4.69) is 0 Å². The molecule has 0 saturated carbocycles. The van der Waals surface area contributed by atoms with Crippen molar-refractivity contribution in [1.82, 2.24) is 4.90 Å². The molecule has 0 spiro atoms. The van der Waals surface area contributed by atoms with Gasteiger partial charge >= 0.3 is 12.3 Å². The molecule has 20 heavy (non-hydrogen) atoms. The van der Waals surface area contributed by atoms with Gasteiger partial charge in [-0.25, -0.2) is 4.79 Å². The second-order valence-electron chi connectivity index (χ2n) is 6.01. The van der Waals surface area contributed by atoms with Crippen LogP contribution in [0.5, 0.6) is 0 Å². The number of carbonyl (C=O) groups is 2. The number of rotatable bonds is 2. The maximum Gasteiger partial charge on any atom is 0.410 e. The van der Waals surface area contributed by atoms with Crippen molar-refractivity contribution in [2.45, 2.75) is 45.4 Å². The minimum atomic E-state index is -4.51. The van der Waals surface area contributed by atoms with E-state index in [-0.39, 0.29) is 32.2 Å². The number of amides is 1. The van der Waals surface area contributed by atoms with Gasteiger partial charge in [0.1, 0.15) is 17.8 Å². The predicted molar refractivity (Wildman–Crippen MR) is 66.1 cm³/mol. The molecular weight excluding hydrogens is 275 g/mol. The number of ether oxygens (including phenoxy) is 1.